The van der Waals surface area contributed by atoms with Gasteiger partial charge in [0.25, 0.3) is 0 Å². The number of methoxy groups -OCH3 is 1. The van der Waals surface area contributed by atoms with E-state index in [-0.39, 0.29) is 42.8 Å². The van der Waals surface area contributed by atoms with E-state index in [1.54, 1.807) is 0 Å². The van der Waals surface area contributed by atoms with Gasteiger partial charge in [-0.1, -0.05) is 34.6 Å². The van der Waals surface area contributed by atoms with Crippen LogP contribution in [0.3, 0.4) is 0 Å². The van der Waals surface area contributed by atoms with Crippen LogP contribution in [0.25, 0.3) is 0 Å². The van der Waals surface area contributed by atoms with E-state index in [0.717, 1.165) is 12.8 Å². The summed E-state index contributed by atoms with van der Waals surface area (Å²) < 4.78 is 29.0. The van der Waals surface area contributed by atoms with E-state index in [9.17, 15) is 46.0 Å². The molecule has 14 nitrogen and oxygen atoms in total. The van der Waals surface area contributed by atoms with Gasteiger partial charge in [0.15, 0.2) is 12.6 Å². The molecule has 52 heavy (non-hydrogen) atoms. The van der Waals surface area contributed by atoms with Gasteiger partial charge in [-0.2, -0.15) is 0 Å². The zero-order chi connectivity index (χ0) is 38.1. The van der Waals surface area contributed by atoms with Gasteiger partial charge in [-0.15, -0.1) is 0 Å². The fraction of sp³-hybridized carbons (Fsp3) is 1.00. The molecule has 0 amide bonds. The van der Waals surface area contributed by atoms with E-state index in [1.807, 2.05) is 20.8 Å². The molecular weight excluding hydrogens is 680 g/mol. The average molecular weight is 747 g/mol. The van der Waals surface area contributed by atoms with Crippen LogP contribution in [-0.4, -0.2) is 152 Å². The lowest BCUT2D eigenvalue weighted by Crippen LogP contribution is -2.71. The van der Waals surface area contributed by atoms with E-state index in [0.29, 0.717) is 32.1 Å². The Morgan fingerprint density at radius 1 is 0.808 bits per heavy atom. The molecule has 302 valence electrons. The second-order valence-corrected chi connectivity index (χ2v) is 18.1. The van der Waals surface area contributed by atoms with Crippen molar-refractivity contribution in [1.82, 2.24) is 0 Å². The van der Waals surface area contributed by atoms with E-state index in [1.165, 1.54) is 7.11 Å². The van der Waals surface area contributed by atoms with Crippen molar-refractivity contribution in [3.05, 3.63) is 0 Å². The highest BCUT2D eigenvalue weighted by molar-refractivity contribution is 5.21. The molecule has 6 rings (SSSR count). The quantitative estimate of drug-likeness (QED) is 0.127. The number of aliphatic hydroxyl groups is 9. The molecule has 2 heterocycles. The maximum Gasteiger partial charge on any atom is 0.186 e. The maximum atomic E-state index is 12.8. The molecule has 2 aliphatic heterocycles. The van der Waals surface area contributed by atoms with Gasteiger partial charge in [-0.25, -0.2) is 0 Å². The minimum absolute atomic E-state index is 0.0271. The van der Waals surface area contributed by atoms with Crippen LogP contribution in [0.1, 0.15) is 86.0 Å². The van der Waals surface area contributed by atoms with Gasteiger partial charge in [0.2, 0.25) is 0 Å². The van der Waals surface area contributed by atoms with E-state index >= 15 is 0 Å². The van der Waals surface area contributed by atoms with Crippen molar-refractivity contribution >= 4 is 0 Å². The molecule has 4 aliphatic carbocycles. The largest absolute Gasteiger partial charge is 0.394 e. The fourth-order valence-corrected chi connectivity index (χ4v) is 12.3. The van der Waals surface area contributed by atoms with Crippen molar-refractivity contribution in [3.8, 4) is 0 Å². The van der Waals surface area contributed by atoms with Crippen LogP contribution in [-0.2, 0) is 23.7 Å². The second-order valence-electron chi connectivity index (χ2n) is 18.1. The van der Waals surface area contributed by atoms with E-state index in [2.05, 4.69) is 13.8 Å². The fourth-order valence-electron chi connectivity index (χ4n) is 12.3. The molecule has 2 saturated heterocycles. The van der Waals surface area contributed by atoms with Gasteiger partial charge in [0.05, 0.1) is 49.3 Å². The molecule has 21 atom stereocenters. The molecule has 4 saturated carbocycles. The summed E-state index contributed by atoms with van der Waals surface area (Å²) in [4.78, 5) is 0. The topological polar surface area (TPSA) is 228 Å². The number of hydrogen-bond acceptors (Lipinski definition) is 14. The molecule has 0 spiro atoms. The van der Waals surface area contributed by atoms with Gasteiger partial charge in [0.1, 0.15) is 36.6 Å². The Hall–Kier alpha value is -0.560. The number of hydrogen-bond donors (Lipinski definition) is 9. The van der Waals surface area contributed by atoms with Crippen LogP contribution in [0.15, 0.2) is 0 Å². The first-order chi connectivity index (χ1) is 24.4. The predicted molar refractivity (Wildman–Crippen MR) is 184 cm³/mol. The highest BCUT2D eigenvalue weighted by Crippen LogP contribution is 2.70. The monoisotopic (exact) mass is 746 g/mol. The van der Waals surface area contributed by atoms with Gasteiger partial charge >= 0.3 is 0 Å². The number of ether oxygens (including phenoxy) is 5. The summed E-state index contributed by atoms with van der Waals surface area (Å²) in [5, 5.41) is 98.9. The molecule has 6 aliphatic rings. The van der Waals surface area contributed by atoms with Crippen LogP contribution >= 0.6 is 0 Å². The Balaban J connectivity index is 1.14. The lowest BCUT2D eigenvalue weighted by Gasteiger charge is -2.66. The molecule has 0 aromatic rings. The van der Waals surface area contributed by atoms with Crippen molar-refractivity contribution in [1.29, 1.82) is 0 Å². The molecule has 0 aromatic carbocycles. The van der Waals surface area contributed by atoms with Gasteiger partial charge in [0, 0.05) is 25.4 Å². The minimum Gasteiger partial charge on any atom is -0.394 e. The first-order valence-electron chi connectivity index (χ1n) is 19.6. The van der Waals surface area contributed by atoms with E-state index < -0.39 is 108 Å². The van der Waals surface area contributed by atoms with E-state index in [4.69, 9.17) is 23.7 Å². The molecule has 0 radical (unpaired) electrons. The maximum absolute atomic E-state index is 12.8. The second kappa shape index (κ2) is 15.4. The minimum atomic E-state index is -1.35. The predicted octanol–water partition coefficient (Wildman–Crippen LogP) is 0.0474. The molecule has 0 bridgehead atoms. The number of rotatable bonds is 11. The SMILES string of the molecule is CO[C@H]1[C@H](O[C@H]2CC[C@@]3(C)[C@H]([C@H]2O)[C@H](O)C[C@]2(O)[C@@H]3CC[C@]3(C)[C@@H]([C@H](C)CC[C@H](O[C@@H]4O[C@@H](CO)[C@H](O)[C@H]4O)C(C)C)C[C@H](O)[C@H]32)OC[C@@H](O)[C@@H]1O. The highest BCUT2D eigenvalue weighted by atomic mass is 16.7. The van der Waals surface area contributed by atoms with Crippen molar-refractivity contribution in [2.75, 3.05) is 20.3 Å². The van der Waals surface area contributed by atoms with Crippen LogP contribution in [0, 0.1) is 46.3 Å². The van der Waals surface area contributed by atoms with Crippen LogP contribution in [0.4, 0.5) is 0 Å². The lowest BCUT2D eigenvalue weighted by molar-refractivity contribution is -0.320. The summed E-state index contributed by atoms with van der Waals surface area (Å²) in [5.41, 5.74) is -2.39. The summed E-state index contributed by atoms with van der Waals surface area (Å²) >= 11 is 0. The Bertz CT molecular complexity index is 1210. The highest BCUT2D eigenvalue weighted by Gasteiger charge is 2.72. The molecule has 9 N–H and O–H groups in total. The van der Waals surface area contributed by atoms with Gasteiger partial charge in [-0.05, 0) is 79.4 Å². The summed E-state index contributed by atoms with van der Waals surface area (Å²) in [5.74, 6) is -0.995. The normalized spacial score (nSPS) is 53.3. The average Bonchev–Trinajstić information content (AvgIpc) is 3.52. The van der Waals surface area contributed by atoms with Crippen LogP contribution in [0.2, 0.25) is 0 Å². The molecule has 0 unspecified atom stereocenters. The molecular formula is C38H66O14. The van der Waals surface area contributed by atoms with Gasteiger partial charge < -0.3 is 69.6 Å². The van der Waals surface area contributed by atoms with Crippen molar-refractivity contribution in [2.24, 2.45) is 46.3 Å². The first-order valence-corrected chi connectivity index (χ1v) is 19.6. The number of fused-ring (bicyclic) bond motifs is 5. The van der Waals surface area contributed by atoms with Crippen molar-refractivity contribution < 1.29 is 69.6 Å². The summed E-state index contributed by atoms with van der Waals surface area (Å²) in [6.45, 7) is 9.90. The van der Waals surface area contributed by atoms with Gasteiger partial charge in [-0.3, -0.25) is 0 Å². The third-order valence-electron chi connectivity index (χ3n) is 14.9. The Labute approximate surface area is 307 Å². The van der Waals surface area contributed by atoms with Crippen LogP contribution in [0.5, 0.6) is 0 Å². The summed E-state index contributed by atoms with van der Waals surface area (Å²) in [6, 6.07) is 0. The smallest absolute Gasteiger partial charge is 0.186 e. The van der Waals surface area contributed by atoms with Crippen LogP contribution < -0.4 is 0 Å². The Kier molecular flexibility index (Phi) is 12.2. The standard InChI is InChI=1S/C38H66O14/c1-17(2)23(50-34-31(46)30(45)25(15-39)52-34)8-7-18(3)19-13-20(40)33-36(19,4)12-10-26-37(5)11-9-24(29(44)27(37)21(41)14-38(26,33)47)51-35-32(48-6)28(43)22(42)16-49-35/h17-35,39-47H,7-16H2,1-6H3/t18-,19-,20+,21-,22-,23+,24+,25+,26-,27+,28+,29+,30+,31-,32-,33-,34-,35+,36-,37-,38+/m1/s1. The Morgan fingerprint density at radius 3 is 2.13 bits per heavy atom. The first kappa shape index (κ1) is 41.1. The molecule has 6 fully saturated rings. The molecule has 0 aromatic heterocycles. The summed E-state index contributed by atoms with van der Waals surface area (Å²) in [7, 11) is 1.39. The summed E-state index contributed by atoms with van der Waals surface area (Å²) in [6.07, 6.45) is -8.22. The third-order valence-corrected chi connectivity index (χ3v) is 14.9. The zero-order valence-electron chi connectivity index (χ0n) is 31.6. The molecule has 14 heteroatoms. The van der Waals surface area contributed by atoms with Crippen molar-refractivity contribution in [3.63, 3.8) is 0 Å². The Morgan fingerprint density at radius 2 is 1.50 bits per heavy atom. The third kappa shape index (κ3) is 6.82. The lowest BCUT2D eigenvalue weighted by atomic mass is 9.41. The number of aliphatic hydroxyl groups excluding tert-OH is 8. The van der Waals surface area contributed by atoms with Crippen molar-refractivity contribution in [2.45, 2.75) is 171 Å². The zero-order valence-corrected chi connectivity index (χ0v) is 31.6.